The molecule has 106 valence electrons. The van der Waals surface area contributed by atoms with E-state index in [9.17, 15) is 4.79 Å². The van der Waals surface area contributed by atoms with Crippen molar-refractivity contribution in [2.75, 3.05) is 18.5 Å². The van der Waals surface area contributed by atoms with Crippen molar-refractivity contribution in [2.24, 2.45) is 0 Å². The molecular formula is C12H20N4O3. The van der Waals surface area contributed by atoms with Crippen LogP contribution in [0.3, 0.4) is 0 Å². The van der Waals surface area contributed by atoms with Crippen LogP contribution in [-0.2, 0) is 17.8 Å². The number of aliphatic hydroxyl groups excluding tert-OH is 1. The number of hydrogen-bond donors (Lipinski definition) is 3. The number of carbonyl (C=O) groups excluding carboxylic acids is 1. The van der Waals surface area contributed by atoms with Gasteiger partial charge < -0.3 is 15.2 Å². The Morgan fingerprint density at radius 3 is 2.89 bits per heavy atom. The van der Waals surface area contributed by atoms with E-state index in [0.29, 0.717) is 25.5 Å². The highest BCUT2D eigenvalue weighted by molar-refractivity contribution is 5.70. The van der Waals surface area contributed by atoms with Gasteiger partial charge in [-0.1, -0.05) is 0 Å². The van der Waals surface area contributed by atoms with Gasteiger partial charge in [-0.3, -0.25) is 10.00 Å². The van der Waals surface area contributed by atoms with Gasteiger partial charge in [0.25, 0.3) is 0 Å². The first-order chi connectivity index (χ1) is 8.90. The van der Waals surface area contributed by atoms with Crippen LogP contribution < -0.4 is 5.32 Å². The summed E-state index contributed by atoms with van der Waals surface area (Å²) in [6.07, 6.45) is -0.329. The van der Waals surface area contributed by atoms with Gasteiger partial charge in [0.15, 0.2) is 5.82 Å². The molecule has 0 bridgehead atoms. The number of amides is 1. The molecule has 0 fully saturated rings. The van der Waals surface area contributed by atoms with Crippen LogP contribution in [0.4, 0.5) is 10.6 Å². The molecule has 1 aliphatic rings. The lowest BCUT2D eigenvalue weighted by atomic mass is 10.2. The number of aliphatic hydroxyl groups is 1. The van der Waals surface area contributed by atoms with E-state index in [1.807, 2.05) is 20.8 Å². The van der Waals surface area contributed by atoms with Gasteiger partial charge in [-0.2, -0.15) is 5.10 Å². The molecule has 0 atom stereocenters. The highest BCUT2D eigenvalue weighted by Crippen LogP contribution is 2.28. The number of aromatic nitrogens is 2. The summed E-state index contributed by atoms with van der Waals surface area (Å²) in [4.78, 5) is 13.6. The Labute approximate surface area is 111 Å². The molecule has 0 aromatic carbocycles. The standard InChI is InChI=1S/C12H20N4O3/c1-12(2,3)19-11(18)16-6-8-9(7-16)14-15-10(8)13-4-5-17/h17H,4-7H2,1-3H3,(H2,13,14,15). The number of H-pyrrole nitrogens is 1. The maximum atomic E-state index is 12.0. The Balaban J connectivity index is 2.00. The zero-order chi connectivity index (χ0) is 14.0. The summed E-state index contributed by atoms with van der Waals surface area (Å²) in [5.74, 6) is 0.690. The minimum atomic E-state index is -0.496. The highest BCUT2D eigenvalue weighted by Gasteiger charge is 2.31. The van der Waals surface area contributed by atoms with E-state index in [1.54, 1.807) is 4.90 Å². The van der Waals surface area contributed by atoms with Crippen LogP contribution in [0.2, 0.25) is 0 Å². The monoisotopic (exact) mass is 268 g/mol. The van der Waals surface area contributed by atoms with Crippen LogP contribution in [0.5, 0.6) is 0 Å². The molecule has 0 saturated heterocycles. The normalized spacial score (nSPS) is 14.4. The maximum absolute atomic E-state index is 12.0. The first-order valence-electron chi connectivity index (χ1n) is 6.29. The predicted octanol–water partition coefficient (Wildman–Crippen LogP) is 1.06. The van der Waals surface area contributed by atoms with Crippen molar-refractivity contribution in [2.45, 2.75) is 39.5 Å². The maximum Gasteiger partial charge on any atom is 0.410 e. The van der Waals surface area contributed by atoms with Crippen molar-refractivity contribution in [3.63, 3.8) is 0 Å². The van der Waals surface area contributed by atoms with Crippen molar-refractivity contribution in [1.82, 2.24) is 15.1 Å². The third-order valence-corrected chi connectivity index (χ3v) is 2.71. The van der Waals surface area contributed by atoms with E-state index in [4.69, 9.17) is 9.84 Å². The summed E-state index contributed by atoms with van der Waals surface area (Å²) < 4.78 is 5.34. The molecule has 2 heterocycles. The van der Waals surface area contributed by atoms with E-state index < -0.39 is 5.60 Å². The molecule has 7 heteroatoms. The second kappa shape index (κ2) is 5.08. The molecule has 7 nitrogen and oxygen atoms in total. The third-order valence-electron chi connectivity index (χ3n) is 2.71. The van der Waals surface area contributed by atoms with Crippen molar-refractivity contribution in [3.05, 3.63) is 11.3 Å². The lowest BCUT2D eigenvalue weighted by Crippen LogP contribution is -2.33. The van der Waals surface area contributed by atoms with E-state index in [-0.39, 0.29) is 12.7 Å². The van der Waals surface area contributed by atoms with Crippen LogP contribution in [0.25, 0.3) is 0 Å². The second-order valence-electron chi connectivity index (χ2n) is 5.52. The lowest BCUT2D eigenvalue weighted by Gasteiger charge is -2.24. The van der Waals surface area contributed by atoms with E-state index >= 15 is 0 Å². The highest BCUT2D eigenvalue weighted by atomic mass is 16.6. The molecule has 0 unspecified atom stereocenters. The van der Waals surface area contributed by atoms with Crippen molar-refractivity contribution < 1.29 is 14.6 Å². The van der Waals surface area contributed by atoms with Crippen molar-refractivity contribution >= 4 is 11.9 Å². The third kappa shape index (κ3) is 3.17. The number of carbonyl (C=O) groups is 1. The molecular weight excluding hydrogens is 248 g/mol. The Morgan fingerprint density at radius 2 is 2.26 bits per heavy atom. The number of anilines is 1. The summed E-state index contributed by atoms with van der Waals surface area (Å²) in [7, 11) is 0. The smallest absolute Gasteiger partial charge is 0.410 e. The van der Waals surface area contributed by atoms with Gasteiger partial charge >= 0.3 is 6.09 Å². The van der Waals surface area contributed by atoms with Crippen molar-refractivity contribution in [1.29, 1.82) is 0 Å². The number of hydrogen-bond acceptors (Lipinski definition) is 5. The van der Waals surface area contributed by atoms with E-state index in [0.717, 1.165) is 11.3 Å². The molecule has 3 N–H and O–H groups in total. The predicted molar refractivity (Wildman–Crippen MR) is 69.6 cm³/mol. The Kier molecular flexibility index (Phi) is 3.66. The largest absolute Gasteiger partial charge is 0.444 e. The van der Waals surface area contributed by atoms with Gasteiger partial charge in [-0.05, 0) is 20.8 Å². The molecule has 1 aliphatic heterocycles. The average molecular weight is 268 g/mol. The lowest BCUT2D eigenvalue weighted by molar-refractivity contribution is 0.0240. The van der Waals surface area contributed by atoms with Gasteiger partial charge in [0.05, 0.1) is 25.4 Å². The molecule has 19 heavy (non-hydrogen) atoms. The molecule has 1 amide bonds. The van der Waals surface area contributed by atoms with Gasteiger partial charge in [-0.15, -0.1) is 0 Å². The summed E-state index contributed by atoms with van der Waals surface area (Å²) >= 11 is 0. The molecule has 0 radical (unpaired) electrons. The SMILES string of the molecule is CC(C)(C)OC(=O)N1Cc2[nH]nc(NCCO)c2C1. The van der Waals surface area contributed by atoms with Crippen LogP contribution in [0.15, 0.2) is 0 Å². The van der Waals surface area contributed by atoms with Crippen LogP contribution in [0, 0.1) is 0 Å². The number of ether oxygens (including phenoxy) is 1. The zero-order valence-electron chi connectivity index (χ0n) is 11.5. The Hall–Kier alpha value is -1.76. The summed E-state index contributed by atoms with van der Waals surface area (Å²) in [6.45, 7) is 6.94. The van der Waals surface area contributed by atoms with Gasteiger partial charge in [-0.25, -0.2) is 4.79 Å². The Morgan fingerprint density at radius 1 is 1.53 bits per heavy atom. The number of aromatic amines is 1. The van der Waals surface area contributed by atoms with Crippen LogP contribution >= 0.6 is 0 Å². The number of nitrogens with zero attached hydrogens (tertiary/aromatic N) is 2. The van der Waals surface area contributed by atoms with Gasteiger partial charge in [0, 0.05) is 12.1 Å². The molecule has 2 rings (SSSR count). The van der Waals surface area contributed by atoms with Gasteiger partial charge in [0.1, 0.15) is 5.60 Å². The molecule has 0 spiro atoms. The van der Waals surface area contributed by atoms with Gasteiger partial charge in [0.2, 0.25) is 0 Å². The average Bonchev–Trinajstić information content (AvgIpc) is 2.84. The topological polar surface area (TPSA) is 90.5 Å². The molecule has 1 aromatic heterocycles. The summed E-state index contributed by atoms with van der Waals surface area (Å²) in [6, 6.07) is 0. The quantitative estimate of drug-likeness (QED) is 0.762. The summed E-state index contributed by atoms with van der Waals surface area (Å²) in [5, 5.41) is 18.8. The fraction of sp³-hybridized carbons (Fsp3) is 0.667. The van der Waals surface area contributed by atoms with E-state index in [2.05, 4.69) is 15.5 Å². The van der Waals surface area contributed by atoms with E-state index in [1.165, 1.54) is 0 Å². The first-order valence-corrected chi connectivity index (χ1v) is 6.29. The second-order valence-corrected chi connectivity index (χ2v) is 5.52. The van der Waals surface area contributed by atoms with Crippen LogP contribution in [-0.4, -0.2) is 45.0 Å². The minimum Gasteiger partial charge on any atom is -0.444 e. The molecule has 0 aliphatic carbocycles. The zero-order valence-corrected chi connectivity index (χ0v) is 11.5. The number of nitrogens with one attached hydrogen (secondary N) is 2. The number of rotatable bonds is 3. The molecule has 1 aromatic rings. The first kappa shape index (κ1) is 13.7. The Bertz CT molecular complexity index is 464. The summed E-state index contributed by atoms with van der Waals surface area (Å²) in [5.41, 5.74) is 1.37. The minimum absolute atomic E-state index is 0.0391. The number of fused-ring (bicyclic) bond motifs is 1. The fourth-order valence-corrected chi connectivity index (χ4v) is 1.92. The molecule has 0 saturated carbocycles. The van der Waals surface area contributed by atoms with Crippen molar-refractivity contribution in [3.8, 4) is 0 Å². The fourth-order valence-electron chi connectivity index (χ4n) is 1.92. The van der Waals surface area contributed by atoms with Crippen LogP contribution in [0.1, 0.15) is 32.0 Å².